The average molecular weight is 397 g/mol. The summed E-state index contributed by atoms with van der Waals surface area (Å²) in [5.41, 5.74) is 0.875. The molecule has 1 unspecified atom stereocenters. The molecule has 1 atom stereocenters. The van der Waals surface area contributed by atoms with E-state index in [0.717, 1.165) is 32.7 Å². The lowest BCUT2D eigenvalue weighted by molar-refractivity contribution is 0.0937. The van der Waals surface area contributed by atoms with Crippen molar-refractivity contribution < 1.29 is 13.2 Å². The molecule has 1 aliphatic rings. The maximum Gasteiger partial charge on any atom is 0.251 e. The molecule has 0 aromatic heterocycles. The summed E-state index contributed by atoms with van der Waals surface area (Å²) in [6.45, 7) is 9.80. The van der Waals surface area contributed by atoms with Crippen molar-refractivity contribution in [3.05, 3.63) is 29.8 Å². The standard InChI is InChI=1S/C19H32N4O3S/c1-4-12-27(25,26)21-18-7-5-6-17(13-18)19(24)20-14-16(2)15-23-10-8-22(3)9-11-23/h5-7,13,16,21H,4,8-12,14-15H2,1-3H3,(H,20,24). The van der Waals surface area contributed by atoms with Crippen LogP contribution in [0.25, 0.3) is 0 Å². The highest BCUT2D eigenvalue weighted by atomic mass is 32.2. The summed E-state index contributed by atoms with van der Waals surface area (Å²) >= 11 is 0. The lowest BCUT2D eigenvalue weighted by Crippen LogP contribution is -2.46. The predicted molar refractivity (Wildman–Crippen MR) is 110 cm³/mol. The summed E-state index contributed by atoms with van der Waals surface area (Å²) in [4.78, 5) is 17.2. The largest absolute Gasteiger partial charge is 0.352 e. The molecule has 8 heteroatoms. The molecule has 1 aromatic carbocycles. The number of carbonyl (C=O) groups is 1. The number of carbonyl (C=O) groups excluding carboxylic acids is 1. The molecule has 1 saturated heterocycles. The van der Waals surface area contributed by atoms with Gasteiger partial charge in [-0.05, 0) is 37.6 Å². The van der Waals surface area contributed by atoms with Gasteiger partial charge in [0.2, 0.25) is 10.0 Å². The Bertz CT molecular complexity index is 715. The SMILES string of the molecule is CCCS(=O)(=O)Nc1cccc(C(=O)NCC(C)CN2CCN(C)CC2)c1. The molecular formula is C19H32N4O3S. The fourth-order valence-electron chi connectivity index (χ4n) is 3.13. The number of likely N-dealkylation sites (N-methyl/N-ethyl adjacent to an activating group) is 1. The van der Waals surface area contributed by atoms with E-state index in [1.807, 2.05) is 6.92 Å². The van der Waals surface area contributed by atoms with E-state index in [2.05, 4.69) is 33.8 Å². The van der Waals surface area contributed by atoms with Crippen LogP contribution in [-0.4, -0.2) is 76.2 Å². The third-order valence-electron chi connectivity index (χ3n) is 4.65. The Balaban J connectivity index is 1.84. The van der Waals surface area contributed by atoms with Gasteiger partial charge in [0.15, 0.2) is 0 Å². The Hall–Kier alpha value is -1.64. The summed E-state index contributed by atoms with van der Waals surface area (Å²) in [5.74, 6) is 0.230. The number of amides is 1. The zero-order chi connectivity index (χ0) is 19.9. The van der Waals surface area contributed by atoms with Gasteiger partial charge in [0.05, 0.1) is 5.75 Å². The van der Waals surface area contributed by atoms with Gasteiger partial charge in [-0.3, -0.25) is 9.52 Å². The number of piperazine rings is 1. The van der Waals surface area contributed by atoms with Gasteiger partial charge in [-0.15, -0.1) is 0 Å². The number of anilines is 1. The summed E-state index contributed by atoms with van der Waals surface area (Å²) in [5, 5.41) is 2.96. The van der Waals surface area contributed by atoms with Gasteiger partial charge in [-0.2, -0.15) is 0 Å². The van der Waals surface area contributed by atoms with Crippen LogP contribution in [0.4, 0.5) is 5.69 Å². The molecule has 2 rings (SSSR count). The normalized spacial score (nSPS) is 17.4. The highest BCUT2D eigenvalue weighted by molar-refractivity contribution is 7.92. The molecule has 1 heterocycles. The third-order valence-corrected chi connectivity index (χ3v) is 6.14. The first-order valence-corrected chi connectivity index (χ1v) is 11.2. The fraction of sp³-hybridized carbons (Fsp3) is 0.632. The number of rotatable bonds is 9. The van der Waals surface area contributed by atoms with Crippen molar-refractivity contribution >= 4 is 21.6 Å². The van der Waals surface area contributed by atoms with Crippen LogP contribution in [0, 0.1) is 5.92 Å². The first-order valence-electron chi connectivity index (χ1n) is 9.58. The van der Waals surface area contributed by atoms with Gasteiger partial charge in [0.25, 0.3) is 5.91 Å². The summed E-state index contributed by atoms with van der Waals surface area (Å²) in [6.07, 6.45) is 0.542. The molecule has 0 spiro atoms. The Morgan fingerprint density at radius 2 is 1.93 bits per heavy atom. The Kier molecular flexibility index (Phi) is 8.07. The first kappa shape index (κ1) is 21.7. The minimum atomic E-state index is -3.36. The molecule has 1 aliphatic heterocycles. The molecule has 7 nitrogen and oxygen atoms in total. The minimum Gasteiger partial charge on any atom is -0.352 e. The van der Waals surface area contributed by atoms with Crippen molar-refractivity contribution in [2.45, 2.75) is 20.3 Å². The highest BCUT2D eigenvalue weighted by Gasteiger charge is 2.17. The maximum absolute atomic E-state index is 12.4. The second kappa shape index (κ2) is 10.1. The number of nitrogens with zero attached hydrogens (tertiary/aromatic N) is 2. The molecule has 0 aliphatic carbocycles. The van der Waals surface area contributed by atoms with E-state index in [4.69, 9.17) is 0 Å². The van der Waals surface area contributed by atoms with Crippen LogP contribution in [0.2, 0.25) is 0 Å². The average Bonchev–Trinajstić information content (AvgIpc) is 2.61. The van der Waals surface area contributed by atoms with Gasteiger partial charge < -0.3 is 15.1 Å². The molecule has 0 saturated carbocycles. The van der Waals surface area contributed by atoms with Crippen molar-refractivity contribution in [3.63, 3.8) is 0 Å². The van der Waals surface area contributed by atoms with E-state index in [-0.39, 0.29) is 11.7 Å². The van der Waals surface area contributed by atoms with Gasteiger partial charge in [0, 0.05) is 50.5 Å². The van der Waals surface area contributed by atoms with Crippen molar-refractivity contribution in [3.8, 4) is 0 Å². The Labute approximate surface area is 163 Å². The zero-order valence-electron chi connectivity index (χ0n) is 16.6. The highest BCUT2D eigenvalue weighted by Crippen LogP contribution is 2.13. The second-order valence-corrected chi connectivity index (χ2v) is 9.26. The fourth-order valence-corrected chi connectivity index (χ4v) is 4.25. The summed E-state index contributed by atoms with van der Waals surface area (Å²) in [7, 11) is -1.23. The quantitative estimate of drug-likeness (QED) is 0.660. The lowest BCUT2D eigenvalue weighted by atomic mass is 10.1. The van der Waals surface area contributed by atoms with E-state index < -0.39 is 10.0 Å². The Morgan fingerprint density at radius 3 is 2.59 bits per heavy atom. The summed E-state index contributed by atoms with van der Waals surface area (Å²) in [6, 6.07) is 6.61. The van der Waals surface area contributed by atoms with Crippen molar-refractivity contribution in [2.24, 2.45) is 5.92 Å². The third kappa shape index (κ3) is 7.48. The molecule has 1 aromatic rings. The number of nitrogens with one attached hydrogen (secondary N) is 2. The number of sulfonamides is 1. The van der Waals surface area contributed by atoms with Gasteiger partial charge in [-0.25, -0.2) is 8.42 Å². The van der Waals surface area contributed by atoms with E-state index >= 15 is 0 Å². The minimum absolute atomic E-state index is 0.0627. The monoisotopic (exact) mass is 396 g/mol. The van der Waals surface area contributed by atoms with Crippen LogP contribution < -0.4 is 10.0 Å². The van der Waals surface area contributed by atoms with Crippen LogP contribution in [0.3, 0.4) is 0 Å². The van der Waals surface area contributed by atoms with Crippen LogP contribution in [0.1, 0.15) is 30.6 Å². The van der Waals surface area contributed by atoms with Crippen LogP contribution in [-0.2, 0) is 10.0 Å². The predicted octanol–water partition coefficient (Wildman–Crippen LogP) is 1.45. The smallest absolute Gasteiger partial charge is 0.251 e. The second-order valence-electron chi connectivity index (χ2n) is 7.42. The molecule has 0 radical (unpaired) electrons. The van der Waals surface area contributed by atoms with E-state index in [1.165, 1.54) is 0 Å². The molecule has 2 N–H and O–H groups in total. The van der Waals surface area contributed by atoms with Crippen molar-refractivity contribution in [2.75, 3.05) is 56.8 Å². The lowest BCUT2D eigenvalue weighted by Gasteiger charge is -2.33. The first-order chi connectivity index (χ1) is 12.8. The van der Waals surface area contributed by atoms with Crippen LogP contribution in [0.5, 0.6) is 0 Å². The van der Waals surface area contributed by atoms with Crippen molar-refractivity contribution in [1.82, 2.24) is 15.1 Å². The van der Waals surface area contributed by atoms with E-state index in [0.29, 0.717) is 30.1 Å². The summed E-state index contributed by atoms with van der Waals surface area (Å²) < 4.78 is 26.3. The van der Waals surface area contributed by atoms with Crippen LogP contribution >= 0.6 is 0 Å². The van der Waals surface area contributed by atoms with Crippen LogP contribution in [0.15, 0.2) is 24.3 Å². The van der Waals surface area contributed by atoms with Gasteiger partial charge in [0.1, 0.15) is 0 Å². The number of hydrogen-bond acceptors (Lipinski definition) is 5. The number of benzene rings is 1. The number of hydrogen-bond donors (Lipinski definition) is 2. The molecule has 152 valence electrons. The molecule has 27 heavy (non-hydrogen) atoms. The molecule has 0 bridgehead atoms. The molecule has 1 amide bonds. The molecular weight excluding hydrogens is 364 g/mol. The van der Waals surface area contributed by atoms with E-state index in [1.54, 1.807) is 24.3 Å². The van der Waals surface area contributed by atoms with E-state index in [9.17, 15) is 13.2 Å². The van der Waals surface area contributed by atoms with Crippen molar-refractivity contribution in [1.29, 1.82) is 0 Å². The van der Waals surface area contributed by atoms with Gasteiger partial charge in [-0.1, -0.05) is 19.9 Å². The van der Waals surface area contributed by atoms with Gasteiger partial charge >= 0.3 is 0 Å². The molecule has 1 fully saturated rings. The Morgan fingerprint density at radius 1 is 1.22 bits per heavy atom. The topological polar surface area (TPSA) is 81.7 Å². The zero-order valence-corrected chi connectivity index (χ0v) is 17.4. The maximum atomic E-state index is 12.4.